The molecule has 4 nitrogen and oxygen atoms in total. The van der Waals surface area contributed by atoms with Gasteiger partial charge in [0.25, 0.3) is 5.91 Å². The summed E-state index contributed by atoms with van der Waals surface area (Å²) in [6.07, 6.45) is 4.44. The summed E-state index contributed by atoms with van der Waals surface area (Å²) in [6, 6.07) is 3.81. The Kier molecular flexibility index (Phi) is 3.90. The average Bonchev–Trinajstić information content (AvgIpc) is 2.42. The largest absolute Gasteiger partial charge is 0.378 e. The van der Waals surface area contributed by atoms with Crippen LogP contribution in [0.2, 0.25) is 0 Å². The van der Waals surface area contributed by atoms with Crippen LogP contribution >= 0.6 is 0 Å². The van der Waals surface area contributed by atoms with Crippen LogP contribution < -0.4 is 0 Å². The van der Waals surface area contributed by atoms with Crippen LogP contribution in [0.25, 0.3) is 0 Å². The quantitative estimate of drug-likeness (QED) is 0.836. The van der Waals surface area contributed by atoms with Crippen LogP contribution in [-0.4, -0.2) is 41.6 Å². The van der Waals surface area contributed by atoms with E-state index in [0.29, 0.717) is 5.56 Å². The third-order valence-electron chi connectivity index (χ3n) is 4.19. The molecule has 19 heavy (non-hydrogen) atoms. The van der Waals surface area contributed by atoms with E-state index in [4.69, 9.17) is 4.74 Å². The molecule has 1 aromatic rings. The summed E-state index contributed by atoms with van der Waals surface area (Å²) in [4.78, 5) is 18.2. The molecule has 1 heterocycles. The third-order valence-corrected chi connectivity index (χ3v) is 4.19. The molecule has 2 unspecified atom stereocenters. The number of ether oxygens (including phenoxy) is 1. The number of carbonyl (C=O) groups is 1. The van der Waals surface area contributed by atoms with E-state index in [9.17, 15) is 4.79 Å². The number of hydrogen-bond donors (Lipinski definition) is 0. The maximum absolute atomic E-state index is 12.4. The lowest BCUT2D eigenvalue weighted by Crippen LogP contribution is -2.62. The summed E-state index contributed by atoms with van der Waals surface area (Å²) in [5.74, 6) is 0.0288. The maximum atomic E-state index is 12.4. The number of rotatable bonds is 4. The maximum Gasteiger partial charge on any atom is 0.255 e. The minimum absolute atomic E-state index is 0.00261. The van der Waals surface area contributed by atoms with E-state index in [1.165, 1.54) is 0 Å². The molecule has 0 radical (unpaired) electrons. The molecule has 2 rings (SSSR count). The highest BCUT2D eigenvalue weighted by molar-refractivity contribution is 5.94. The highest BCUT2D eigenvalue weighted by Gasteiger charge is 2.51. The molecule has 1 fully saturated rings. The molecule has 1 aromatic heterocycles. The topological polar surface area (TPSA) is 42.4 Å². The van der Waals surface area contributed by atoms with Crippen molar-refractivity contribution in [1.29, 1.82) is 0 Å². The van der Waals surface area contributed by atoms with Gasteiger partial charge in [0.2, 0.25) is 0 Å². The van der Waals surface area contributed by atoms with Gasteiger partial charge in [-0.15, -0.1) is 0 Å². The van der Waals surface area contributed by atoms with Crippen LogP contribution in [0.1, 0.15) is 37.6 Å². The Hall–Kier alpha value is -1.42. The van der Waals surface area contributed by atoms with Gasteiger partial charge >= 0.3 is 0 Å². The predicted octanol–water partition coefficient (Wildman–Crippen LogP) is 2.36. The van der Waals surface area contributed by atoms with Crippen molar-refractivity contribution in [3.63, 3.8) is 0 Å². The molecule has 104 valence electrons. The first-order valence-corrected chi connectivity index (χ1v) is 6.77. The Morgan fingerprint density at radius 2 is 2.32 bits per heavy atom. The summed E-state index contributed by atoms with van der Waals surface area (Å²) in [6.45, 7) is 7.05. The normalized spacial score (nSPS) is 24.6. The van der Waals surface area contributed by atoms with E-state index < -0.39 is 0 Å². The second-order valence-corrected chi connectivity index (χ2v) is 5.67. The van der Waals surface area contributed by atoms with Gasteiger partial charge in [0.15, 0.2) is 0 Å². The Labute approximate surface area is 114 Å². The zero-order chi connectivity index (χ0) is 14.0. The molecule has 0 aromatic carbocycles. The zero-order valence-electron chi connectivity index (χ0n) is 12.1. The van der Waals surface area contributed by atoms with Crippen molar-refractivity contribution in [3.05, 3.63) is 30.1 Å². The van der Waals surface area contributed by atoms with Gasteiger partial charge in [0.05, 0.1) is 11.7 Å². The van der Waals surface area contributed by atoms with E-state index >= 15 is 0 Å². The van der Waals surface area contributed by atoms with Crippen molar-refractivity contribution in [3.8, 4) is 0 Å². The Balaban J connectivity index is 2.06. The number of hydrogen-bond acceptors (Lipinski definition) is 3. The highest BCUT2D eigenvalue weighted by atomic mass is 16.5. The minimum Gasteiger partial charge on any atom is -0.378 e. The van der Waals surface area contributed by atoms with E-state index in [2.05, 4.69) is 18.8 Å². The van der Waals surface area contributed by atoms with Gasteiger partial charge in [-0.3, -0.25) is 9.78 Å². The average molecular weight is 262 g/mol. The van der Waals surface area contributed by atoms with E-state index in [-0.39, 0.29) is 23.5 Å². The minimum atomic E-state index is 0.00261. The molecular formula is C15H22N2O2. The van der Waals surface area contributed by atoms with Crippen molar-refractivity contribution < 1.29 is 9.53 Å². The van der Waals surface area contributed by atoms with Crippen LogP contribution in [0.4, 0.5) is 0 Å². The molecular weight excluding hydrogens is 240 g/mol. The van der Waals surface area contributed by atoms with Crippen molar-refractivity contribution in [2.24, 2.45) is 5.41 Å². The van der Waals surface area contributed by atoms with Crippen molar-refractivity contribution >= 4 is 5.91 Å². The molecule has 1 aliphatic carbocycles. The van der Waals surface area contributed by atoms with Gasteiger partial charge in [-0.2, -0.15) is 0 Å². The highest BCUT2D eigenvalue weighted by Crippen LogP contribution is 2.45. The van der Waals surface area contributed by atoms with Crippen molar-refractivity contribution in [1.82, 2.24) is 9.88 Å². The van der Waals surface area contributed by atoms with Gasteiger partial charge in [-0.1, -0.05) is 13.8 Å². The van der Waals surface area contributed by atoms with E-state index in [1.807, 2.05) is 18.9 Å². The number of amides is 1. The molecule has 0 N–H and O–H groups in total. The monoisotopic (exact) mass is 262 g/mol. The first kappa shape index (κ1) is 14.0. The van der Waals surface area contributed by atoms with E-state index in [1.54, 1.807) is 24.5 Å². The molecule has 0 spiro atoms. The summed E-state index contributed by atoms with van der Waals surface area (Å²) in [7, 11) is 1.86. The molecule has 0 bridgehead atoms. The van der Waals surface area contributed by atoms with Crippen LogP contribution in [-0.2, 0) is 4.74 Å². The second-order valence-electron chi connectivity index (χ2n) is 5.67. The molecule has 2 atom stereocenters. The first-order chi connectivity index (χ1) is 8.98. The van der Waals surface area contributed by atoms with Crippen LogP contribution in [0.15, 0.2) is 24.5 Å². The fourth-order valence-corrected chi connectivity index (χ4v) is 2.84. The Morgan fingerprint density at radius 3 is 2.84 bits per heavy atom. The van der Waals surface area contributed by atoms with Crippen LogP contribution in [0.3, 0.4) is 0 Å². The molecule has 0 aliphatic heterocycles. The molecule has 1 amide bonds. The first-order valence-electron chi connectivity index (χ1n) is 6.77. The third kappa shape index (κ3) is 2.50. The van der Waals surface area contributed by atoms with Crippen molar-refractivity contribution in [2.45, 2.75) is 39.3 Å². The molecule has 1 saturated carbocycles. The fourth-order valence-electron chi connectivity index (χ4n) is 2.84. The Morgan fingerprint density at radius 1 is 1.58 bits per heavy atom. The van der Waals surface area contributed by atoms with Gasteiger partial charge in [-0.25, -0.2) is 0 Å². The van der Waals surface area contributed by atoms with Crippen LogP contribution in [0, 0.1) is 5.41 Å². The van der Waals surface area contributed by atoms with Gasteiger partial charge in [-0.05, 0) is 25.5 Å². The van der Waals surface area contributed by atoms with Crippen LogP contribution in [0.5, 0.6) is 0 Å². The summed E-state index contributed by atoms with van der Waals surface area (Å²) < 4.78 is 5.71. The lowest BCUT2D eigenvalue weighted by molar-refractivity contribution is -0.136. The number of carbonyl (C=O) groups excluding carboxylic acids is 1. The van der Waals surface area contributed by atoms with E-state index in [0.717, 1.165) is 13.0 Å². The molecule has 1 aliphatic rings. The van der Waals surface area contributed by atoms with Crippen molar-refractivity contribution in [2.75, 3.05) is 13.7 Å². The molecule has 0 saturated heterocycles. The summed E-state index contributed by atoms with van der Waals surface area (Å²) in [5.41, 5.74) is 0.642. The molecule has 4 heteroatoms. The second kappa shape index (κ2) is 5.29. The smallest absolute Gasteiger partial charge is 0.255 e. The Bertz CT molecular complexity index is 445. The standard InChI is InChI=1S/C15H22N2O2/c1-5-19-13-9-12(15(13,2)3)17(4)14(18)11-7-6-8-16-10-11/h6-8,10,12-13H,5,9H2,1-4H3. The lowest BCUT2D eigenvalue weighted by Gasteiger charge is -2.54. The zero-order valence-corrected chi connectivity index (χ0v) is 12.1. The van der Waals surface area contributed by atoms with Gasteiger partial charge in [0.1, 0.15) is 0 Å². The summed E-state index contributed by atoms with van der Waals surface area (Å²) >= 11 is 0. The lowest BCUT2D eigenvalue weighted by atomic mass is 9.63. The number of aromatic nitrogens is 1. The fraction of sp³-hybridized carbons (Fsp3) is 0.600. The predicted molar refractivity (Wildman–Crippen MR) is 73.9 cm³/mol. The van der Waals surface area contributed by atoms with Gasteiger partial charge < -0.3 is 9.64 Å². The van der Waals surface area contributed by atoms with Gasteiger partial charge in [0, 0.05) is 37.5 Å². The number of nitrogens with zero attached hydrogens (tertiary/aromatic N) is 2. The summed E-state index contributed by atoms with van der Waals surface area (Å²) in [5, 5.41) is 0. The number of pyridine rings is 1. The SMILES string of the molecule is CCOC1CC(N(C)C(=O)c2cccnc2)C1(C)C.